The van der Waals surface area contributed by atoms with E-state index in [4.69, 9.17) is 0 Å². The Hall–Kier alpha value is -1.35. The predicted molar refractivity (Wildman–Crippen MR) is 80.3 cm³/mol. The van der Waals surface area contributed by atoms with Crippen molar-refractivity contribution in [2.45, 2.75) is 57.2 Å². The van der Waals surface area contributed by atoms with E-state index in [1.807, 2.05) is 6.07 Å². The SMILES string of the molecule is CC1(C)CN(Cc2ccccc2)C2(CCCC2)C(=O)N1. The van der Waals surface area contributed by atoms with Gasteiger partial charge in [-0.3, -0.25) is 9.69 Å². The van der Waals surface area contributed by atoms with Crippen molar-refractivity contribution in [3.63, 3.8) is 0 Å². The molecule has 2 fully saturated rings. The molecule has 0 bridgehead atoms. The number of rotatable bonds is 2. The highest BCUT2D eigenvalue weighted by atomic mass is 16.2. The molecule has 1 aromatic carbocycles. The van der Waals surface area contributed by atoms with Crippen LogP contribution in [0, 0.1) is 0 Å². The summed E-state index contributed by atoms with van der Waals surface area (Å²) >= 11 is 0. The lowest BCUT2D eigenvalue weighted by Gasteiger charge is -2.50. The van der Waals surface area contributed by atoms with E-state index < -0.39 is 0 Å². The summed E-state index contributed by atoms with van der Waals surface area (Å²) in [4.78, 5) is 15.1. The summed E-state index contributed by atoms with van der Waals surface area (Å²) in [6, 6.07) is 10.5. The number of hydrogen-bond donors (Lipinski definition) is 1. The van der Waals surface area contributed by atoms with Crippen LogP contribution in [0.25, 0.3) is 0 Å². The molecule has 0 aromatic heterocycles. The van der Waals surface area contributed by atoms with E-state index in [9.17, 15) is 4.79 Å². The maximum atomic E-state index is 12.7. The van der Waals surface area contributed by atoms with Crippen molar-refractivity contribution >= 4 is 5.91 Å². The molecule has 3 rings (SSSR count). The standard InChI is InChI=1S/C17H24N2O/c1-16(2)13-19(12-14-8-4-3-5-9-14)17(15(20)18-16)10-6-7-11-17/h3-5,8-9H,6-7,10-13H2,1-2H3,(H,18,20). The largest absolute Gasteiger partial charge is 0.348 e. The number of carbonyl (C=O) groups excluding carboxylic acids is 1. The van der Waals surface area contributed by atoms with Crippen LogP contribution in [0.15, 0.2) is 30.3 Å². The van der Waals surface area contributed by atoms with Crippen LogP contribution in [0.1, 0.15) is 45.1 Å². The molecule has 20 heavy (non-hydrogen) atoms. The van der Waals surface area contributed by atoms with E-state index in [0.29, 0.717) is 0 Å². The summed E-state index contributed by atoms with van der Waals surface area (Å²) in [5, 5.41) is 3.22. The van der Waals surface area contributed by atoms with Crippen LogP contribution >= 0.6 is 0 Å². The number of carbonyl (C=O) groups is 1. The summed E-state index contributed by atoms with van der Waals surface area (Å²) in [6.07, 6.45) is 4.34. The Labute approximate surface area is 121 Å². The second kappa shape index (κ2) is 4.88. The highest BCUT2D eigenvalue weighted by molar-refractivity contribution is 5.88. The van der Waals surface area contributed by atoms with Gasteiger partial charge in [-0.1, -0.05) is 43.2 Å². The molecule has 0 unspecified atom stereocenters. The lowest BCUT2D eigenvalue weighted by molar-refractivity contribution is -0.142. The maximum absolute atomic E-state index is 12.7. The molecule has 1 saturated heterocycles. The smallest absolute Gasteiger partial charge is 0.240 e. The summed E-state index contributed by atoms with van der Waals surface area (Å²) in [6.45, 7) is 6.03. The minimum Gasteiger partial charge on any atom is -0.348 e. The molecule has 3 nitrogen and oxygen atoms in total. The first-order valence-corrected chi connectivity index (χ1v) is 7.64. The fraction of sp³-hybridized carbons (Fsp3) is 0.588. The average Bonchev–Trinajstić information content (AvgIpc) is 2.87. The Morgan fingerprint density at radius 1 is 1.15 bits per heavy atom. The van der Waals surface area contributed by atoms with Gasteiger partial charge >= 0.3 is 0 Å². The van der Waals surface area contributed by atoms with Gasteiger partial charge in [0.25, 0.3) is 0 Å². The molecule has 1 aliphatic heterocycles. The van der Waals surface area contributed by atoms with Gasteiger partial charge in [0.2, 0.25) is 5.91 Å². The lowest BCUT2D eigenvalue weighted by Crippen LogP contribution is -2.70. The Balaban J connectivity index is 1.89. The molecule has 1 N–H and O–H groups in total. The number of benzene rings is 1. The third-order valence-electron chi connectivity index (χ3n) is 4.71. The molecule has 1 amide bonds. The number of nitrogens with one attached hydrogen (secondary N) is 1. The van der Waals surface area contributed by atoms with Crippen LogP contribution in [0.4, 0.5) is 0 Å². The Morgan fingerprint density at radius 2 is 1.80 bits per heavy atom. The zero-order valence-electron chi connectivity index (χ0n) is 12.5. The molecule has 1 saturated carbocycles. The molecular formula is C17H24N2O. The monoisotopic (exact) mass is 272 g/mol. The number of hydrogen-bond acceptors (Lipinski definition) is 2. The van der Waals surface area contributed by atoms with Crippen LogP contribution in [0.3, 0.4) is 0 Å². The van der Waals surface area contributed by atoms with Gasteiger partial charge in [0.1, 0.15) is 5.54 Å². The lowest BCUT2D eigenvalue weighted by atomic mass is 9.85. The minimum absolute atomic E-state index is 0.139. The van der Waals surface area contributed by atoms with Gasteiger partial charge in [-0.2, -0.15) is 0 Å². The van der Waals surface area contributed by atoms with Gasteiger partial charge in [-0.25, -0.2) is 0 Å². The van der Waals surface area contributed by atoms with Crippen molar-refractivity contribution in [1.82, 2.24) is 10.2 Å². The van der Waals surface area contributed by atoms with Crippen LogP contribution in [0.2, 0.25) is 0 Å². The van der Waals surface area contributed by atoms with E-state index in [0.717, 1.165) is 25.9 Å². The summed E-state index contributed by atoms with van der Waals surface area (Å²) in [5.74, 6) is 0.238. The van der Waals surface area contributed by atoms with E-state index in [1.54, 1.807) is 0 Å². The van der Waals surface area contributed by atoms with Gasteiger partial charge in [0.15, 0.2) is 0 Å². The maximum Gasteiger partial charge on any atom is 0.240 e. The fourth-order valence-corrected chi connectivity index (χ4v) is 3.75. The van der Waals surface area contributed by atoms with Gasteiger partial charge in [0.05, 0.1) is 0 Å². The number of nitrogens with zero attached hydrogens (tertiary/aromatic N) is 1. The molecule has 1 spiro atoms. The Kier molecular flexibility index (Phi) is 3.33. The van der Waals surface area contributed by atoms with Gasteiger partial charge in [0, 0.05) is 18.6 Å². The predicted octanol–water partition coefficient (Wildman–Crippen LogP) is 2.71. The van der Waals surface area contributed by atoms with Gasteiger partial charge in [-0.15, -0.1) is 0 Å². The van der Waals surface area contributed by atoms with E-state index >= 15 is 0 Å². The van der Waals surface area contributed by atoms with Crippen LogP contribution in [-0.4, -0.2) is 28.4 Å². The third kappa shape index (κ3) is 2.35. The molecule has 0 atom stereocenters. The summed E-state index contributed by atoms with van der Waals surface area (Å²) in [7, 11) is 0. The van der Waals surface area contributed by atoms with Crippen molar-refractivity contribution in [1.29, 1.82) is 0 Å². The summed E-state index contributed by atoms with van der Waals surface area (Å²) in [5.41, 5.74) is 0.898. The molecule has 1 heterocycles. The first-order valence-electron chi connectivity index (χ1n) is 7.64. The quantitative estimate of drug-likeness (QED) is 0.898. The first-order chi connectivity index (χ1) is 9.52. The molecule has 108 valence electrons. The summed E-state index contributed by atoms with van der Waals surface area (Å²) < 4.78 is 0. The van der Waals surface area contributed by atoms with Crippen LogP contribution in [-0.2, 0) is 11.3 Å². The molecule has 1 aromatic rings. The Morgan fingerprint density at radius 3 is 2.45 bits per heavy atom. The second-order valence-corrected chi connectivity index (χ2v) is 6.92. The van der Waals surface area contributed by atoms with E-state index in [2.05, 4.69) is 48.3 Å². The van der Waals surface area contributed by atoms with Crippen molar-refractivity contribution in [3.8, 4) is 0 Å². The van der Waals surface area contributed by atoms with Crippen LogP contribution < -0.4 is 5.32 Å². The highest BCUT2D eigenvalue weighted by Gasteiger charge is 2.51. The molecular weight excluding hydrogens is 248 g/mol. The van der Waals surface area contributed by atoms with E-state index in [1.165, 1.54) is 18.4 Å². The minimum atomic E-state index is -0.259. The number of amides is 1. The number of piperazine rings is 1. The van der Waals surface area contributed by atoms with Gasteiger partial charge < -0.3 is 5.32 Å². The fourth-order valence-electron chi connectivity index (χ4n) is 3.75. The van der Waals surface area contributed by atoms with Crippen molar-refractivity contribution in [2.24, 2.45) is 0 Å². The molecule has 1 aliphatic carbocycles. The van der Waals surface area contributed by atoms with Crippen LogP contribution in [0.5, 0.6) is 0 Å². The second-order valence-electron chi connectivity index (χ2n) is 6.92. The zero-order valence-corrected chi connectivity index (χ0v) is 12.5. The molecule has 3 heteroatoms. The molecule has 2 aliphatic rings. The zero-order chi connectivity index (χ0) is 14.2. The molecule has 0 radical (unpaired) electrons. The third-order valence-corrected chi connectivity index (χ3v) is 4.71. The van der Waals surface area contributed by atoms with Crippen molar-refractivity contribution < 1.29 is 4.79 Å². The van der Waals surface area contributed by atoms with E-state index in [-0.39, 0.29) is 17.0 Å². The van der Waals surface area contributed by atoms with Crippen molar-refractivity contribution in [3.05, 3.63) is 35.9 Å². The normalized spacial score (nSPS) is 24.8. The average molecular weight is 272 g/mol. The van der Waals surface area contributed by atoms with Crippen molar-refractivity contribution in [2.75, 3.05) is 6.54 Å². The highest BCUT2D eigenvalue weighted by Crippen LogP contribution is 2.40. The first kappa shape index (κ1) is 13.6. The topological polar surface area (TPSA) is 32.3 Å². The Bertz CT molecular complexity index is 489. The van der Waals surface area contributed by atoms with Gasteiger partial charge in [-0.05, 0) is 32.3 Å².